The van der Waals surface area contributed by atoms with Crippen LogP contribution in [-0.2, 0) is 9.53 Å². The molecule has 0 saturated carbocycles. The average Bonchev–Trinajstić information content (AvgIpc) is 2.29. The Hall–Kier alpha value is -1.77. The third kappa shape index (κ3) is 3.46. The number of carbonyl (C=O) groups is 1. The fourth-order valence-corrected chi connectivity index (χ4v) is 1.17. The summed E-state index contributed by atoms with van der Waals surface area (Å²) in [6.07, 6.45) is 3.87. The molecule has 80 valence electrons. The standard InChI is InChI=1S/C12H14O3/c1-14-11-8-4-3-6-10(11)7-5-9-12(13)15-2/h3-8H,9H2,1-2H3/b7-5+. The molecule has 1 rings (SSSR count). The van der Waals surface area contributed by atoms with E-state index in [1.54, 1.807) is 13.2 Å². The number of esters is 1. The minimum absolute atomic E-state index is 0.249. The van der Waals surface area contributed by atoms with Crippen molar-refractivity contribution >= 4 is 12.0 Å². The molecule has 3 heteroatoms. The van der Waals surface area contributed by atoms with Gasteiger partial charge in [-0.1, -0.05) is 30.4 Å². The highest BCUT2D eigenvalue weighted by Gasteiger charge is 1.98. The lowest BCUT2D eigenvalue weighted by molar-refractivity contribution is -0.139. The molecular weight excluding hydrogens is 192 g/mol. The Morgan fingerprint density at radius 3 is 2.73 bits per heavy atom. The first-order valence-electron chi connectivity index (χ1n) is 4.64. The van der Waals surface area contributed by atoms with E-state index in [9.17, 15) is 4.79 Å². The second-order valence-electron chi connectivity index (χ2n) is 2.92. The molecule has 0 spiro atoms. The van der Waals surface area contributed by atoms with Crippen molar-refractivity contribution in [1.82, 2.24) is 0 Å². The quantitative estimate of drug-likeness (QED) is 0.709. The van der Waals surface area contributed by atoms with Crippen molar-refractivity contribution in [3.63, 3.8) is 0 Å². The van der Waals surface area contributed by atoms with E-state index in [0.717, 1.165) is 11.3 Å². The van der Waals surface area contributed by atoms with Gasteiger partial charge in [-0.3, -0.25) is 4.79 Å². The number of hydrogen-bond acceptors (Lipinski definition) is 3. The van der Waals surface area contributed by atoms with E-state index in [-0.39, 0.29) is 12.4 Å². The Bertz CT molecular complexity index is 356. The van der Waals surface area contributed by atoms with Crippen LogP contribution in [-0.4, -0.2) is 20.2 Å². The third-order valence-corrected chi connectivity index (χ3v) is 1.95. The molecule has 0 radical (unpaired) electrons. The molecule has 0 aliphatic heterocycles. The molecule has 0 aromatic heterocycles. The number of rotatable bonds is 4. The summed E-state index contributed by atoms with van der Waals surface area (Å²) in [7, 11) is 2.99. The predicted molar refractivity (Wildman–Crippen MR) is 58.7 cm³/mol. The number of carbonyl (C=O) groups excluding carboxylic acids is 1. The van der Waals surface area contributed by atoms with Crippen LogP contribution in [0.4, 0.5) is 0 Å². The lowest BCUT2D eigenvalue weighted by atomic mass is 10.2. The van der Waals surface area contributed by atoms with E-state index < -0.39 is 0 Å². The lowest BCUT2D eigenvalue weighted by Gasteiger charge is -2.02. The molecule has 15 heavy (non-hydrogen) atoms. The Morgan fingerprint density at radius 2 is 2.07 bits per heavy atom. The molecule has 1 aromatic carbocycles. The van der Waals surface area contributed by atoms with Gasteiger partial charge in [0.1, 0.15) is 5.75 Å². The monoisotopic (exact) mass is 206 g/mol. The first kappa shape index (κ1) is 11.3. The minimum atomic E-state index is -0.249. The lowest BCUT2D eigenvalue weighted by Crippen LogP contribution is -1.96. The second kappa shape index (κ2) is 5.86. The van der Waals surface area contributed by atoms with Gasteiger partial charge in [0, 0.05) is 5.56 Å². The summed E-state index contributed by atoms with van der Waals surface area (Å²) in [5.41, 5.74) is 0.948. The van der Waals surface area contributed by atoms with Crippen LogP contribution in [0.2, 0.25) is 0 Å². The van der Waals surface area contributed by atoms with Crippen LogP contribution in [0.25, 0.3) is 6.08 Å². The fraction of sp³-hybridized carbons (Fsp3) is 0.250. The van der Waals surface area contributed by atoms with Crippen LogP contribution in [0.1, 0.15) is 12.0 Å². The van der Waals surface area contributed by atoms with Gasteiger partial charge < -0.3 is 9.47 Å². The number of hydrogen-bond donors (Lipinski definition) is 0. The van der Waals surface area contributed by atoms with Crippen LogP contribution in [0.5, 0.6) is 5.75 Å². The van der Waals surface area contributed by atoms with Gasteiger partial charge in [0.15, 0.2) is 0 Å². The van der Waals surface area contributed by atoms with E-state index in [2.05, 4.69) is 4.74 Å². The number of benzene rings is 1. The first-order chi connectivity index (χ1) is 7.27. The summed E-state index contributed by atoms with van der Waals surface area (Å²) in [5, 5.41) is 0. The molecule has 1 aromatic rings. The third-order valence-electron chi connectivity index (χ3n) is 1.95. The van der Waals surface area contributed by atoms with Crippen LogP contribution in [0.15, 0.2) is 30.3 Å². The molecule has 0 atom stereocenters. The molecule has 3 nitrogen and oxygen atoms in total. The highest BCUT2D eigenvalue weighted by Crippen LogP contribution is 2.18. The van der Waals surface area contributed by atoms with Crippen molar-refractivity contribution in [3.8, 4) is 5.75 Å². The average molecular weight is 206 g/mol. The SMILES string of the molecule is COC(=O)C/C=C/c1ccccc1OC. The fourth-order valence-electron chi connectivity index (χ4n) is 1.17. The van der Waals surface area contributed by atoms with Gasteiger partial charge in [-0.05, 0) is 6.07 Å². The smallest absolute Gasteiger partial charge is 0.309 e. The summed E-state index contributed by atoms with van der Waals surface area (Å²) in [5.74, 6) is 0.541. The molecule has 0 bridgehead atoms. The van der Waals surface area contributed by atoms with E-state index in [4.69, 9.17) is 4.74 Å². The summed E-state index contributed by atoms with van der Waals surface area (Å²) >= 11 is 0. The van der Waals surface area contributed by atoms with Crippen molar-refractivity contribution in [2.45, 2.75) is 6.42 Å². The number of methoxy groups -OCH3 is 2. The Balaban J connectivity index is 2.67. The van der Waals surface area contributed by atoms with Crippen molar-refractivity contribution in [1.29, 1.82) is 0 Å². The van der Waals surface area contributed by atoms with Gasteiger partial charge in [-0.25, -0.2) is 0 Å². The van der Waals surface area contributed by atoms with Crippen molar-refractivity contribution in [3.05, 3.63) is 35.9 Å². The second-order valence-corrected chi connectivity index (χ2v) is 2.92. The molecule has 0 amide bonds. The molecule has 0 saturated heterocycles. The topological polar surface area (TPSA) is 35.5 Å². The van der Waals surface area contributed by atoms with Gasteiger partial charge in [0.25, 0.3) is 0 Å². The van der Waals surface area contributed by atoms with Crippen molar-refractivity contribution in [2.75, 3.05) is 14.2 Å². The van der Waals surface area contributed by atoms with Gasteiger partial charge in [-0.15, -0.1) is 0 Å². The van der Waals surface area contributed by atoms with Crippen LogP contribution < -0.4 is 4.74 Å². The van der Waals surface area contributed by atoms with E-state index >= 15 is 0 Å². The zero-order valence-corrected chi connectivity index (χ0v) is 8.90. The highest BCUT2D eigenvalue weighted by molar-refractivity contribution is 5.72. The molecule has 0 heterocycles. The van der Waals surface area contributed by atoms with Crippen molar-refractivity contribution < 1.29 is 14.3 Å². The van der Waals surface area contributed by atoms with Gasteiger partial charge >= 0.3 is 5.97 Å². The zero-order valence-electron chi connectivity index (χ0n) is 8.90. The van der Waals surface area contributed by atoms with Crippen LogP contribution in [0, 0.1) is 0 Å². The maximum Gasteiger partial charge on any atom is 0.309 e. The van der Waals surface area contributed by atoms with E-state index in [1.165, 1.54) is 7.11 Å². The van der Waals surface area contributed by atoms with Gasteiger partial charge in [0.05, 0.1) is 20.6 Å². The summed E-state index contributed by atoms with van der Waals surface area (Å²) in [6.45, 7) is 0. The Morgan fingerprint density at radius 1 is 1.33 bits per heavy atom. The van der Waals surface area contributed by atoms with Crippen LogP contribution >= 0.6 is 0 Å². The largest absolute Gasteiger partial charge is 0.496 e. The normalized spacial score (nSPS) is 10.3. The zero-order chi connectivity index (χ0) is 11.1. The maximum atomic E-state index is 10.9. The van der Waals surface area contributed by atoms with Gasteiger partial charge in [0.2, 0.25) is 0 Å². The molecular formula is C12H14O3. The van der Waals surface area contributed by atoms with Gasteiger partial charge in [-0.2, -0.15) is 0 Å². The summed E-state index contributed by atoms with van der Waals surface area (Å²) in [4.78, 5) is 10.9. The predicted octanol–water partition coefficient (Wildman–Crippen LogP) is 2.27. The molecule has 0 N–H and O–H groups in total. The Labute approximate surface area is 89.3 Å². The highest BCUT2D eigenvalue weighted by atomic mass is 16.5. The molecule has 0 unspecified atom stereocenters. The van der Waals surface area contributed by atoms with E-state index in [1.807, 2.05) is 30.3 Å². The summed E-state index contributed by atoms with van der Waals surface area (Å²) < 4.78 is 9.69. The van der Waals surface area contributed by atoms with Crippen molar-refractivity contribution in [2.24, 2.45) is 0 Å². The van der Waals surface area contributed by atoms with Crippen LogP contribution in [0.3, 0.4) is 0 Å². The first-order valence-corrected chi connectivity index (χ1v) is 4.64. The maximum absolute atomic E-state index is 10.9. The molecule has 0 aliphatic rings. The summed E-state index contributed by atoms with van der Waals surface area (Å²) in [6, 6.07) is 7.61. The minimum Gasteiger partial charge on any atom is -0.496 e. The Kier molecular flexibility index (Phi) is 4.41. The number of para-hydroxylation sites is 1. The molecule has 0 aliphatic carbocycles. The van der Waals surface area contributed by atoms with E-state index in [0.29, 0.717) is 0 Å². The number of ether oxygens (including phenoxy) is 2. The molecule has 0 fully saturated rings.